The van der Waals surface area contributed by atoms with Crippen LogP contribution in [-0.4, -0.2) is 8.42 Å². The summed E-state index contributed by atoms with van der Waals surface area (Å²) in [6, 6.07) is 10.8. The molecule has 108 valence electrons. The predicted molar refractivity (Wildman–Crippen MR) is 81.7 cm³/mol. The zero-order valence-electron chi connectivity index (χ0n) is 10.7. The van der Waals surface area contributed by atoms with Crippen molar-refractivity contribution in [2.24, 2.45) is 5.14 Å². The van der Waals surface area contributed by atoms with E-state index in [9.17, 15) is 8.42 Å². The molecule has 0 spiro atoms. The van der Waals surface area contributed by atoms with Gasteiger partial charge in [-0.1, -0.05) is 11.6 Å². The fourth-order valence-corrected chi connectivity index (χ4v) is 2.44. The molecule has 0 aromatic heterocycles. The quantitative estimate of drug-likeness (QED) is 0.747. The standard InChI is InChI=1S/C13H11ClN4O2S/c14-10-5-8(7-15)1-3-12(10)18-13-4-2-9(6-11(13)16)21(17,19)20/h1-6,18H,16H2,(H2,17,19,20). The van der Waals surface area contributed by atoms with Gasteiger partial charge in [-0.05, 0) is 36.4 Å². The van der Waals surface area contributed by atoms with Crippen molar-refractivity contribution in [1.82, 2.24) is 0 Å². The van der Waals surface area contributed by atoms with E-state index in [4.69, 9.17) is 27.7 Å². The summed E-state index contributed by atoms with van der Waals surface area (Å²) in [6.45, 7) is 0. The first-order chi connectivity index (χ1) is 9.81. The Bertz CT molecular complexity index is 844. The maximum absolute atomic E-state index is 11.2. The van der Waals surface area contributed by atoms with Crippen LogP contribution < -0.4 is 16.2 Å². The van der Waals surface area contributed by atoms with E-state index in [-0.39, 0.29) is 10.6 Å². The van der Waals surface area contributed by atoms with Crippen LogP contribution in [0.3, 0.4) is 0 Å². The molecule has 0 heterocycles. The average Bonchev–Trinajstić information content (AvgIpc) is 2.41. The van der Waals surface area contributed by atoms with E-state index in [2.05, 4.69) is 5.32 Å². The third kappa shape index (κ3) is 3.44. The van der Waals surface area contributed by atoms with Gasteiger partial charge in [-0.3, -0.25) is 0 Å². The monoisotopic (exact) mass is 322 g/mol. The highest BCUT2D eigenvalue weighted by Gasteiger charge is 2.11. The summed E-state index contributed by atoms with van der Waals surface area (Å²) >= 11 is 6.04. The summed E-state index contributed by atoms with van der Waals surface area (Å²) < 4.78 is 22.5. The Balaban J connectivity index is 2.35. The first-order valence-electron chi connectivity index (χ1n) is 5.70. The second kappa shape index (κ2) is 5.61. The number of rotatable bonds is 3. The minimum absolute atomic E-state index is 0.0727. The number of hydrogen-bond donors (Lipinski definition) is 3. The van der Waals surface area contributed by atoms with Crippen LogP contribution >= 0.6 is 11.6 Å². The van der Waals surface area contributed by atoms with Crippen molar-refractivity contribution < 1.29 is 8.42 Å². The summed E-state index contributed by atoms with van der Waals surface area (Å²) in [5, 5.41) is 17.1. The fraction of sp³-hybridized carbons (Fsp3) is 0. The minimum Gasteiger partial charge on any atom is -0.397 e. The topological polar surface area (TPSA) is 122 Å². The highest BCUT2D eigenvalue weighted by molar-refractivity contribution is 7.89. The van der Waals surface area contributed by atoms with Gasteiger partial charge < -0.3 is 11.1 Å². The number of nitriles is 1. The Hall–Kier alpha value is -2.27. The normalized spacial score (nSPS) is 10.9. The number of benzene rings is 2. The molecule has 0 fully saturated rings. The molecule has 21 heavy (non-hydrogen) atoms. The van der Waals surface area contributed by atoms with Gasteiger partial charge in [-0.25, -0.2) is 13.6 Å². The molecule has 0 amide bonds. The molecule has 0 bridgehead atoms. The van der Waals surface area contributed by atoms with Crippen LogP contribution in [0.25, 0.3) is 0 Å². The van der Waals surface area contributed by atoms with E-state index in [1.54, 1.807) is 12.1 Å². The van der Waals surface area contributed by atoms with Crippen molar-refractivity contribution in [3.05, 3.63) is 47.0 Å². The number of primary sulfonamides is 1. The third-order valence-electron chi connectivity index (χ3n) is 2.72. The van der Waals surface area contributed by atoms with Gasteiger partial charge >= 0.3 is 0 Å². The number of nitrogens with two attached hydrogens (primary N) is 2. The summed E-state index contributed by atoms with van der Waals surface area (Å²) in [7, 11) is -3.80. The van der Waals surface area contributed by atoms with Crippen LogP contribution in [0, 0.1) is 11.3 Å². The van der Waals surface area contributed by atoms with Crippen LogP contribution in [0.5, 0.6) is 0 Å². The number of nitrogen functional groups attached to an aromatic ring is 1. The molecule has 0 unspecified atom stereocenters. The van der Waals surface area contributed by atoms with E-state index in [1.807, 2.05) is 6.07 Å². The van der Waals surface area contributed by atoms with Crippen molar-refractivity contribution in [2.75, 3.05) is 11.1 Å². The number of nitrogens with zero attached hydrogens (tertiary/aromatic N) is 1. The number of halogens is 1. The van der Waals surface area contributed by atoms with Crippen LogP contribution in [-0.2, 0) is 10.0 Å². The molecule has 0 radical (unpaired) electrons. The van der Waals surface area contributed by atoms with Crippen molar-refractivity contribution in [1.29, 1.82) is 5.26 Å². The van der Waals surface area contributed by atoms with E-state index in [0.29, 0.717) is 22.0 Å². The highest BCUT2D eigenvalue weighted by atomic mass is 35.5. The van der Waals surface area contributed by atoms with Gasteiger partial charge in [0.05, 0.1) is 38.6 Å². The SMILES string of the molecule is N#Cc1ccc(Nc2ccc(S(N)(=O)=O)cc2N)c(Cl)c1. The van der Waals surface area contributed by atoms with Gasteiger partial charge in [-0.2, -0.15) is 5.26 Å². The van der Waals surface area contributed by atoms with Crippen LogP contribution in [0.2, 0.25) is 5.02 Å². The summed E-state index contributed by atoms with van der Waals surface area (Å²) in [5.41, 5.74) is 7.47. The predicted octanol–water partition coefficient (Wildman–Crippen LogP) is 2.18. The molecule has 6 nitrogen and oxygen atoms in total. The van der Waals surface area contributed by atoms with Crippen molar-refractivity contribution in [2.45, 2.75) is 4.90 Å². The Morgan fingerprint density at radius 3 is 2.33 bits per heavy atom. The second-order valence-corrected chi connectivity index (χ2v) is 6.19. The molecule has 8 heteroatoms. The zero-order chi connectivity index (χ0) is 15.6. The molecule has 0 aliphatic rings. The largest absolute Gasteiger partial charge is 0.397 e. The van der Waals surface area contributed by atoms with Crippen molar-refractivity contribution >= 4 is 38.7 Å². The summed E-state index contributed by atoms with van der Waals surface area (Å²) in [5.74, 6) is 0. The molecular weight excluding hydrogens is 312 g/mol. The lowest BCUT2D eigenvalue weighted by Crippen LogP contribution is -2.12. The maximum atomic E-state index is 11.2. The van der Waals surface area contributed by atoms with E-state index < -0.39 is 10.0 Å². The molecule has 2 aromatic carbocycles. The lowest BCUT2D eigenvalue weighted by atomic mass is 10.2. The highest BCUT2D eigenvalue weighted by Crippen LogP contribution is 2.30. The second-order valence-electron chi connectivity index (χ2n) is 4.23. The molecule has 2 rings (SSSR count). The van der Waals surface area contributed by atoms with Crippen molar-refractivity contribution in [3.8, 4) is 6.07 Å². The zero-order valence-corrected chi connectivity index (χ0v) is 12.2. The van der Waals surface area contributed by atoms with E-state index in [1.165, 1.54) is 24.3 Å². The van der Waals surface area contributed by atoms with Gasteiger partial charge in [0.1, 0.15) is 0 Å². The first kappa shape index (κ1) is 15.1. The van der Waals surface area contributed by atoms with Crippen LogP contribution in [0.1, 0.15) is 5.56 Å². The Morgan fingerprint density at radius 2 is 1.81 bits per heavy atom. The minimum atomic E-state index is -3.80. The van der Waals surface area contributed by atoms with Gasteiger partial charge in [-0.15, -0.1) is 0 Å². The molecular formula is C13H11ClN4O2S. The van der Waals surface area contributed by atoms with Gasteiger partial charge in [0.15, 0.2) is 0 Å². The maximum Gasteiger partial charge on any atom is 0.238 e. The summed E-state index contributed by atoms with van der Waals surface area (Å²) in [6.07, 6.45) is 0. The molecule has 5 N–H and O–H groups in total. The van der Waals surface area contributed by atoms with Gasteiger partial charge in [0, 0.05) is 0 Å². The van der Waals surface area contributed by atoms with Gasteiger partial charge in [0.25, 0.3) is 0 Å². The number of hydrogen-bond acceptors (Lipinski definition) is 5. The number of anilines is 3. The Labute approximate surface area is 127 Å². The number of nitrogens with one attached hydrogen (secondary N) is 1. The van der Waals surface area contributed by atoms with E-state index >= 15 is 0 Å². The molecule has 0 saturated heterocycles. The Kier molecular flexibility index (Phi) is 4.04. The van der Waals surface area contributed by atoms with Crippen LogP contribution in [0.15, 0.2) is 41.3 Å². The number of sulfonamides is 1. The van der Waals surface area contributed by atoms with Crippen LogP contribution in [0.4, 0.5) is 17.1 Å². The first-order valence-corrected chi connectivity index (χ1v) is 7.62. The molecule has 0 saturated carbocycles. The average molecular weight is 323 g/mol. The molecule has 0 aliphatic heterocycles. The lowest BCUT2D eigenvalue weighted by Gasteiger charge is -2.12. The lowest BCUT2D eigenvalue weighted by molar-refractivity contribution is 0.598. The molecule has 0 atom stereocenters. The smallest absolute Gasteiger partial charge is 0.238 e. The van der Waals surface area contributed by atoms with E-state index in [0.717, 1.165) is 0 Å². The Morgan fingerprint density at radius 1 is 1.14 bits per heavy atom. The molecule has 0 aliphatic carbocycles. The summed E-state index contributed by atoms with van der Waals surface area (Å²) in [4.78, 5) is -0.0727. The third-order valence-corrected chi connectivity index (χ3v) is 3.94. The van der Waals surface area contributed by atoms with Gasteiger partial charge in [0.2, 0.25) is 10.0 Å². The fourth-order valence-electron chi connectivity index (χ4n) is 1.66. The molecule has 2 aromatic rings. The van der Waals surface area contributed by atoms with Crippen molar-refractivity contribution in [3.63, 3.8) is 0 Å².